The fourth-order valence-corrected chi connectivity index (χ4v) is 5.73. The molecular weight excluding hydrogens is 514 g/mol. The molecule has 1 fully saturated rings. The van der Waals surface area contributed by atoms with Gasteiger partial charge in [-0.25, -0.2) is 14.4 Å². The Bertz CT molecular complexity index is 1030. The standard InChI is InChI=1S/C23H26BrNO7S/c1-13(2)32-23(30)25(15-8-4-3-5-9-15)16-10-6-7-14(11-16)20-18(24)19(31-12-17(26)27)21(33-20)22(28)29/h6-7,10-11,13,15H,3-5,8-9,12H2,1-2H3,(H,26,27)(H,28,29). The summed E-state index contributed by atoms with van der Waals surface area (Å²) in [5.41, 5.74) is 1.34. The lowest BCUT2D eigenvalue weighted by Gasteiger charge is -2.34. The number of carbonyl (C=O) groups is 3. The summed E-state index contributed by atoms with van der Waals surface area (Å²) in [6, 6.07) is 7.28. The molecule has 33 heavy (non-hydrogen) atoms. The molecule has 1 saturated carbocycles. The van der Waals surface area contributed by atoms with Crippen LogP contribution >= 0.6 is 27.3 Å². The van der Waals surface area contributed by atoms with Gasteiger partial charge >= 0.3 is 18.0 Å². The quantitative estimate of drug-likeness (QED) is 0.421. The van der Waals surface area contributed by atoms with Crippen molar-refractivity contribution in [1.82, 2.24) is 0 Å². The first-order valence-corrected chi connectivity index (χ1v) is 12.3. The molecule has 0 bridgehead atoms. The zero-order valence-electron chi connectivity index (χ0n) is 18.4. The van der Waals surface area contributed by atoms with Crippen LogP contribution in [0.4, 0.5) is 10.5 Å². The van der Waals surface area contributed by atoms with Crippen molar-refractivity contribution in [3.8, 4) is 16.2 Å². The van der Waals surface area contributed by atoms with Crippen LogP contribution in [0.1, 0.15) is 55.6 Å². The molecule has 1 aliphatic carbocycles. The maximum atomic E-state index is 13.0. The molecule has 0 aliphatic heterocycles. The van der Waals surface area contributed by atoms with E-state index in [2.05, 4.69) is 15.9 Å². The van der Waals surface area contributed by atoms with Crippen LogP contribution in [0.3, 0.4) is 0 Å². The van der Waals surface area contributed by atoms with Gasteiger partial charge in [0.15, 0.2) is 17.2 Å². The van der Waals surface area contributed by atoms with Crippen LogP contribution in [0.2, 0.25) is 0 Å². The van der Waals surface area contributed by atoms with E-state index >= 15 is 0 Å². The molecule has 2 N–H and O–H groups in total. The molecule has 2 aromatic rings. The number of aliphatic carboxylic acids is 1. The Morgan fingerprint density at radius 3 is 2.48 bits per heavy atom. The fraction of sp³-hybridized carbons (Fsp3) is 0.435. The Balaban J connectivity index is 2.02. The van der Waals surface area contributed by atoms with Gasteiger partial charge in [-0.3, -0.25) is 4.90 Å². The number of anilines is 1. The molecule has 0 unspecified atom stereocenters. The van der Waals surface area contributed by atoms with E-state index in [1.807, 2.05) is 26.0 Å². The molecule has 1 aromatic heterocycles. The number of carboxylic acids is 2. The number of thiophene rings is 1. The summed E-state index contributed by atoms with van der Waals surface area (Å²) < 4.78 is 11.1. The summed E-state index contributed by atoms with van der Waals surface area (Å²) in [6.45, 7) is 2.95. The number of benzene rings is 1. The minimum absolute atomic E-state index is 0.0241. The van der Waals surface area contributed by atoms with E-state index in [-0.39, 0.29) is 22.8 Å². The summed E-state index contributed by atoms with van der Waals surface area (Å²) in [6.07, 6.45) is 4.33. The number of carboxylic acid groups (broad SMARTS) is 2. The molecule has 1 aromatic carbocycles. The second-order valence-corrected chi connectivity index (χ2v) is 9.85. The zero-order valence-corrected chi connectivity index (χ0v) is 20.8. The lowest BCUT2D eigenvalue weighted by molar-refractivity contribution is -0.139. The summed E-state index contributed by atoms with van der Waals surface area (Å²) in [5.74, 6) is -2.45. The van der Waals surface area contributed by atoms with Crippen molar-refractivity contribution in [2.75, 3.05) is 11.5 Å². The molecule has 10 heteroatoms. The number of rotatable bonds is 8. The monoisotopic (exact) mass is 539 g/mol. The summed E-state index contributed by atoms with van der Waals surface area (Å²) in [7, 11) is 0. The average Bonchev–Trinajstić information content (AvgIpc) is 3.09. The Morgan fingerprint density at radius 1 is 1.18 bits per heavy atom. The molecule has 1 aliphatic rings. The molecule has 3 rings (SSSR count). The van der Waals surface area contributed by atoms with Gasteiger partial charge in [-0.1, -0.05) is 31.4 Å². The lowest BCUT2D eigenvalue weighted by atomic mass is 9.94. The van der Waals surface area contributed by atoms with Gasteiger partial charge in [0, 0.05) is 11.7 Å². The molecular formula is C23H26BrNO7S. The van der Waals surface area contributed by atoms with E-state index in [0.717, 1.165) is 43.4 Å². The summed E-state index contributed by atoms with van der Waals surface area (Å²) in [5, 5.41) is 18.5. The molecule has 1 amide bonds. The molecule has 0 radical (unpaired) electrons. The van der Waals surface area contributed by atoms with Gasteiger partial charge in [0.2, 0.25) is 0 Å². The first kappa shape index (κ1) is 25.0. The lowest BCUT2D eigenvalue weighted by Crippen LogP contribution is -2.42. The van der Waals surface area contributed by atoms with Crippen molar-refractivity contribution in [3.63, 3.8) is 0 Å². The SMILES string of the molecule is CC(C)OC(=O)N(c1cccc(-c2sc(C(=O)O)c(OCC(=O)O)c2Br)c1)C1CCCCC1. The third-order valence-corrected chi connectivity index (χ3v) is 7.43. The smallest absolute Gasteiger partial charge is 0.414 e. The number of hydrogen-bond acceptors (Lipinski definition) is 6. The van der Waals surface area contributed by atoms with Crippen molar-refractivity contribution in [1.29, 1.82) is 0 Å². The van der Waals surface area contributed by atoms with Crippen molar-refractivity contribution in [2.24, 2.45) is 0 Å². The van der Waals surface area contributed by atoms with E-state index in [4.69, 9.17) is 14.6 Å². The first-order chi connectivity index (χ1) is 15.7. The van der Waals surface area contributed by atoms with Crippen molar-refractivity contribution in [3.05, 3.63) is 33.6 Å². The molecule has 0 spiro atoms. The highest BCUT2D eigenvalue weighted by atomic mass is 79.9. The second kappa shape index (κ2) is 11.0. The van der Waals surface area contributed by atoms with E-state index in [1.54, 1.807) is 17.0 Å². The van der Waals surface area contributed by atoms with Crippen molar-refractivity contribution < 1.29 is 34.1 Å². The molecule has 8 nitrogen and oxygen atoms in total. The van der Waals surface area contributed by atoms with Gasteiger partial charge < -0.3 is 19.7 Å². The fourth-order valence-electron chi connectivity index (χ4n) is 3.85. The highest BCUT2D eigenvalue weighted by Crippen LogP contribution is 2.46. The minimum atomic E-state index is -1.21. The second-order valence-electron chi connectivity index (χ2n) is 8.04. The van der Waals surface area contributed by atoms with Crippen molar-refractivity contribution in [2.45, 2.75) is 58.1 Å². The number of amides is 1. The number of nitrogens with zero attached hydrogens (tertiary/aromatic N) is 1. The topological polar surface area (TPSA) is 113 Å². The highest BCUT2D eigenvalue weighted by molar-refractivity contribution is 9.10. The molecule has 178 valence electrons. The first-order valence-electron chi connectivity index (χ1n) is 10.7. The third kappa shape index (κ3) is 6.05. The Hall–Kier alpha value is -2.59. The van der Waals surface area contributed by atoms with Gasteiger partial charge in [0.05, 0.1) is 15.5 Å². The van der Waals surface area contributed by atoms with Gasteiger partial charge in [-0.2, -0.15) is 0 Å². The van der Waals surface area contributed by atoms with E-state index in [0.29, 0.717) is 20.6 Å². The largest absolute Gasteiger partial charge is 0.479 e. The summed E-state index contributed by atoms with van der Waals surface area (Å²) >= 11 is 4.36. The van der Waals surface area contributed by atoms with Crippen LogP contribution in [-0.2, 0) is 9.53 Å². The normalized spacial score (nSPS) is 14.2. The summed E-state index contributed by atoms with van der Waals surface area (Å²) in [4.78, 5) is 37.8. The highest BCUT2D eigenvalue weighted by Gasteiger charge is 2.30. The van der Waals surface area contributed by atoms with Gasteiger partial charge in [-0.05, 0) is 60.3 Å². The number of hydrogen-bond donors (Lipinski definition) is 2. The number of ether oxygens (including phenoxy) is 2. The average molecular weight is 540 g/mol. The Labute approximate surface area is 204 Å². The van der Waals surface area contributed by atoms with Crippen LogP contribution in [-0.4, -0.2) is 47.0 Å². The van der Waals surface area contributed by atoms with Gasteiger partial charge in [0.25, 0.3) is 0 Å². The van der Waals surface area contributed by atoms with Gasteiger partial charge in [0.1, 0.15) is 0 Å². The van der Waals surface area contributed by atoms with Crippen LogP contribution in [0.25, 0.3) is 10.4 Å². The molecule has 1 heterocycles. The van der Waals surface area contributed by atoms with Crippen molar-refractivity contribution >= 4 is 51.0 Å². The van der Waals surface area contributed by atoms with E-state index < -0.39 is 24.6 Å². The van der Waals surface area contributed by atoms with Crippen LogP contribution < -0.4 is 9.64 Å². The maximum absolute atomic E-state index is 13.0. The van der Waals surface area contributed by atoms with Crippen LogP contribution in [0, 0.1) is 0 Å². The van der Waals surface area contributed by atoms with Crippen LogP contribution in [0.15, 0.2) is 28.7 Å². The Morgan fingerprint density at radius 2 is 1.88 bits per heavy atom. The van der Waals surface area contributed by atoms with E-state index in [1.165, 1.54) is 0 Å². The number of aromatic carboxylic acids is 1. The number of carbonyl (C=O) groups excluding carboxylic acids is 1. The van der Waals surface area contributed by atoms with Crippen LogP contribution in [0.5, 0.6) is 5.75 Å². The van der Waals surface area contributed by atoms with E-state index in [9.17, 15) is 19.5 Å². The molecule has 0 saturated heterocycles. The third-order valence-electron chi connectivity index (χ3n) is 5.20. The Kier molecular flexibility index (Phi) is 8.36. The predicted molar refractivity (Wildman–Crippen MR) is 129 cm³/mol. The zero-order chi connectivity index (χ0) is 24.1. The molecule has 0 atom stereocenters. The number of halogens is 1. The van der Waals surface area contributed by atoms with Gasteiger partial charge in [-0.15, -0.1) is 11.3 Å². The minimum Gasteiger partial charge on any atom is -0.479 e. The maximum Gasteiger partial charge on any atom is 0.414 e. The predicted octanol–water partition coefficient (Wildman–Crippen LogP) is 6.02.